The van der Waals surface area contributed by atoms with Crippen molar-refractivity contribution < 1.29 is 23.6 Å². The predicted molar refractivity (Wildman–Crippen MR) is 134 cm³/mol. The fourth-order valence-electron chi connectivity index (χ4n) is 4.07. The zero-order valence-electron chi connectivity index (χ0n) is 19.8. The lowest BCUT2D eigenvalue weighted by Crippen LogP contribution is -2.28. The van der Waals surface area contributed by atoms with E-state index in [0.29, 0.717) is 35.3 Å². The number of carbonyl (C=O) groups is 2. The van der Waals surface area contributed by atoms with E-state index in [0.717, 1.165) is 17.0 Å². The molecule has 9 nitrogen and oxygen atoms in total. The number of anilines is 2. The summed E-state index contributed by atoms with van der Waals surface area (Å²) in [5.41, 5.74) is 2.78. The molecule has 9 heteroatoms. The average Bonchev–Trinajstić information content (AvgIpc) is 3.56. The minimum Gasteiger partial charge on any atom is -0.497 e. The summed E-state index contributed by atoms with van der Waals surface area (Å²) in [7, 11) is 3.19. The fraction of sp³-hybridized carbons (Fsp3) is 0.185. The number of ether oxygens (including phenoxy) is 2. The molecular formula is C27H24N4O5. The molecule has 4 aromatic rings. The van der Waals surface area contributed by atoms with Crippen molar-refractivity contribution in [3.8, 4) is 34.3 Å². The molecule has 0 saturated carbocycles. The second-order valence-corrected chi connectivity index (χ2v) is 8.33. The van der Waals surface area contributed by atoms with Crippen molar-refractivity contribution in [3.63, 3.8) is 0 Å². The molecule has 1 aliphatic heterocycles. The summed E-state index contributed by atoms with van der Waals surface area (Å²) in [5.74, 6) is 1.45. The maximum absolute atomic E-state index is 13.0. The van der Waals surface area contributed by atoms with Crippen LogP contribution in [0, 0.1) is 5.92 Å². The fourth-order valence-corrected chi connectivity index (χ4v) is 4.07. The van der Waals surface area contributed by atoms with Gasteiger partial charge in [-0.1, -0.05) is 11.2 Å². The van der Waals surface area contributed by atoms with Crippen LogP contribution in [0.1, 0.15) is 6.42 Å². The first-order valence-corrected chi connectivity index (χ1v) is 11.4. The SMILES string of the molecule is COc1ccc(-c2noc(-c3cccc(NC(=O)C4CC(=O)N(c5ccc(OC)cc5)C4)c3)n2)cc1. The summed E-state index contributed by atoms with van der Waals surface area (Å²) in [6.45, 7) is 0.311. The van der Waals surface area contributed by atoms with E-state index in [2.05, 4.69) is 15.5 Å². The van der Waals surface area contributed by atoms with Crippen LogP contribution in [0.15, 0.2) is 77.3 Å². The normalized spacial score (nSPS) is 15.1. The number of rotatable bonds is 7. The number of nitrogens with zero attached hydrogens (tertiary/aromatic N) is 3. The Hall–Kier alpha value is -4.66. The van der Waals surface area contributed by atoms with Gasteiger partial charge >= 0.3 is 0 Å². The van der Waals surface area contributed by atoms with E-state index >= 15 is 0 Å². The third-order valence-corrected chi connectivity index (χ3v) is 6.03. The first-order chi connectivity index (χ1) is 17.5. The third kappa shape index (κ3) is 4.76. The summed E-state index contributed by atoms with van der Waals surface area (Å²) in [5, 5.41) is 6.98. The highest BCUT2D eigenvalue weighted by Crippen LogP contribution is 2.29. The van der Waals surface area contributed by atoms with Gasteiger partial charge in [-0.05, 0) is 66.7 Å². The van der Waals surface area contributed by atoms with Gasteiger partial charge in [0, 0.05) is 35.5 Å². The third-order valence-electron chi connectivity index (χ3n) is 6.03. The number of aromatic nitrogens is 2. The summed E-state index contributed by atoms with van der Waals surface area (Å²) in [4.78, 5) is 31.6. The van der Waals surface area contributed by atoms with E-state index in [-0.39, 0.29) is 18.2 Å². The molecule has 1 aliphatic rings. The van der Waals surface area contributed by atoms with Gasteiger partial charge in [-0.25, -0.2) is 0 Å². The number of nitrogens with one attached hydrogen (secondary N) is 1. The molecule has 182 valence electrons. The maximum atomic E-state index is 13.0. The maximum Gasteiger partial charge on any atom is 0.258 e. The Balaban J connectivity index is 1.26. The molecule has 0 aliphatic carbocycles. The van der Waals surface area contributed by atoms with Crippen molar-refractivity contribution in [3.05, 3.63) is 72.8 Å². The monoisotopic (exact) mass is 484 g/mol. The van der Waals surface area contributed by atoms with Crippen LogP contribution in [0.5, 0.6) is 11.5 Å². The highest BCUT2D eigenvalue weighted by molar-refractivity contribution is 6.03. The molecule has 3 aromatic carbocycles. The van der Waals surface area contributed by atoms with E-state index in [1.807, 2.05) is 42.5 Å². The van der Waals surface area contributed by atoms with Gasteiger partial charge in [-0.2, -0.15) is 4.98 Å². The number of hydrogen-bond acceptors (Lipinski definition) is 7. The zero-order valence-corrected chi connectivity index (χ0v) is 19.8. The average molecular weight is 485 g/mol. The molecule has 0 bridgehead atoms. The van der Waals surface area contributed by atoms with Gasteiger partial charge in [0.1, 0.15) is 11.5 Å². The minimum atomic E-state index is -0.465. The smallest absolute Gasteiger partial charge is 0.258 e. The highest BCUT2D eigenvalue weighted by atomic mass is 16.5. The summed E-state index contributed by atoms with van der Waals surface area (Å²) < 4.78 is 15.8. The summed E-state index contributed by atoms with van der Waals surface area (Å²) >= 11 is 0. The van der Waals surface area contributed by atoms with Crippen LogP contribution in [0.4, 0.5) is 11.4 Å². The molecule has 1 atom stereocenters. The first kappa shape index (κ1) is 23.1. The van der Waals surface area contributed by atoms with Gasteiger partial charge in [0.25, 0.3) is 5.89 Å². The Morgan fingerprint density at radius 1 is 0.972 bits per heavy atom. The molecule has 1 fully saturated rings. The molecule has 5 rings (SSSR count). The van der Waals surface area contributed by atoms with E-state index in [9.17, 15) is 9.59 Å². The molecule has 1 unspecified atom stereocenters. The standard InChI is InChI=1S/C27H24N4O5/c1-34-22-10-6-17(7-11-22)25-29-27(36-30-25)18-4-3-5-20(14-18)28-26(33)19-15-24(32)31(16-19)21-8-12-23(35-2)13-9-21/h3-14,19H,15-16H2,1-2H3,(H,28,33). The second-order valence-electron chi connectivity index (χ2n) is 8.33. The second kappa shape index (κ2) is 9.91. The lowest BCUT2D eigenvalue weighted by atomic mass is 10.1. The first-order valence-electron chi connectivity index (χ1n) is 11.4. The number of carbonyl (C=O) groups excluding carboxylic acids is 2. The Morgan fingerprint density at radius 3 is 2.36 bits per heavy atom. The van der Waals surface area contributed by atoms with Gasteiger partial charge in [0.05, 0.1) is 20.1 Å². The summed E-state index contributed by atoms with van der Waals surface area (Å²) in [6.07, 6.45) is 0.145. The van der Waals surface area contributed by atoms with Crippen molar-refractivity contribution >= 4 is 23.2 Å². The molecule has 1 N–H and O–H groups in total. The predicted octanol–water partition coefficient (Wildman–Crippen LogP) is 4.41. The topological polar surface area (TPSA) is 107 Å². The van der Waals surface area contributed by atoms with E-state index in [1.54, 1.807) is 49.5 Å². The molecule has 1 saturated heterocycles. The van der Waals surface area contributed by atoms with Crippen molar-refractivity contribution in [2.45, 2.75) is 6.42 Å². The van der Waals surface area contributed by atoms with E-state index in [1.165, 1.54) is 0 Å². The van der Waals surface area contributed by atoms with Crippen molar-refractivity contribution in [2.75, 3.05) is 31.0 Å². The number of benzene rings is 3. The number of methoxy groups -OCH3 is 2. The molecule has 36 heavy (non-hydrogen) atoms. The van der Waals surface area contributed by atoms with Crippen LogP contribution in [0.3, 0.4) is 0 Å². The van der Waals surface area contributed by atoms with Gasteiger partial charge in [-0.3, -0.25) is 9.59 Å². The molecular weight excluding hydrogens is 460 g/mol. The van der Waals surface area contributed by atoms with Crippen LogP contribution in [-0.4, -0.2) is 42.7 Å². The van der Waals surface area contributed by atoms with Crippen molar-refractivity contribution in [1.82, 2.24) is 10.1 Å². The quantitative estimate of drug-likeness (QED) is 0.414. The highest BCUT2D eigenvalue weighted by Gasteiger charge is 2.35. The van der Waals surface area contributed by atoms with Crippen LogP contribution < -0.4 is 19.7 Å². The van der Waals surface area contributed by atoms with Gasteiger partial charge in [-0.15, -0.1) is 0 Å². The Labute approximate surface area is 207 Å². The molecule has 0 spiro atoms. The van der Waals surface area contributed by atoms with Crippen LogP contribution >= 0.6 is 0 Å². The molecule has 0 radical (unpaired) electrons. The van der Waals surface area contributed by atoms with Crippen molar-refractivity contribution in [1.29, 1.82) is 0 Å². The molecule has 2 heterocycles. The van der Waals surface area contributed by atoms with Crippen LogP contribution in [0.25, 0.3) is 22.8 Å². The molecule has 1 aromatic heterocycles. The van der Waals surface area contributed by atoms with Gasteiger partial charge in [0.15, 0.2) is 0 Å². The Kier molecular flexibility index (Phi) is 6.36. The minimum absolute atomic E-state index is 0.0917. The zero-order chi connectivity index (χ0) is 25.1. The van der Waals surface area contributed by atoms with Gasteiger partial charge in [0.2, 0.25) is 17.6 Å². The van der Waals surface area contributed by atoms with E-state index in [4.69, 9.17) is 14.0 Å². The van der Waals surface area contributed by atoms with Crippen molar-refractivity contribution in [2.24, 2.45) is 5.92 Å². The number of hydrogen-bond donors (Lipinski definition) is 1. The lowest BCUT2D eigenvalue weighted by Gasteiger charge is -2.17. The molecule has 2 amide bonds. The lowest BCUT2D eigenvalue weighted by molar-refractivity contribution is -0.122. The largest absolute Gasteiger partial charge is 0.497 e. The van der Waals surface area contributed by atoms with Crippen LogP contribution in [-0.2, 0) is 9.59 Å². The Bertz CT molecular complexity index is 1380. The summed E-state index contributed by atoms with van der Waals surface area (Å²) in [6, 6.07) is 21.7. The Morgan fingerprint density at radius 2 is 1.67 bits per heavy atom. The van der Waals surface area contributed by atoms with Gasteiger partial charge < -0.3 is 24.2 Å². The van der Waals surface area contributed by atoms with Crippen LogP contribution in [0.2, 0.25) is 0 Å². The van der Waals surface area contributed by atoms with E-state index < -0.39 is 5.92 Å². The number of amides is 2.